The summed E-state index contributed by atoms with van der Waals surface area (Å²) < 4.78 is 5.50. The summed E-state index contributed by atoms with van der Waals surface area (Å²) in [7, 11) is 0. The van der Waals surface area contributed by atoms with E-state index in [1.807, 2.05) is 0 Å². The molecule has 0 fully saturated rings. The maximum atomic E-state index is 12.3. The quantitative estimate of drug-likeness (QED) is 0.297. The van der Waals surface area contributed by atoms with Crippen molar-refractivity contribution in [1.82, 2.24) is 5.32 Å². The van der Waals surface area contributed by atoms with Crippen LogP contribution in [0, 0.1) is 0 Å². The number of nitrogens with two attached hydrogens (primary N) is 2. The van der Waals surface area contributed by atoms with Gasteiger partial charge in [0, 0.05) is 17.1 Å². The standard InChI is InChI=1S/C17H18Cl2N4O4/c18-9-3-4-11(19)10(8-9)13-5-6-14(27-13)15(24)23-12(16(25)26)2-1-7-22-17(20)21/h3-6,8,12H,1-2,7H2,(H,23,24)(H,25,26)(H4,20,21,22)/t12-/m1/s1. The van der Waals surface area contributed by atoms with Crippen molar-refractivity contribution in [1.29, 1.82) is 0 Å². The number of nitrogens with one attached hydrogen (secondary N) is 1. The molecule has 1 atom stereocenters. The number of benzene rings is 1. The normalized spacial score (nSPS) is 11.6. The van der Waals surface area contributed by atoms with Crippen molar-refractivity contribution in [2.75, 3.05) is 6.54 Å². The summed E-state index contributed by atoms with van der Waals surface area (Å²) in [6.45, 7) is 0.264. The molecule has 0 bridgehead atoms. The summed E-state index contributed by atoms with van der Waals surface area (Å²) in [4.78, 5) is 27.4. The first-order chi connectivity index (χ1) is 12.8. The van der Waals surface area contributed by atoms with Crippen LogP contribution < -0.4 is 16.8 Å². The highest BCUT2D eigenvalue weighted by Crippen LogP contribution is 2.31. The fourth-order valence-electron chi connectivity index (χ4n) is 2.28. The van der Waals surface area contributed by atoms with Gasteiger partial charge in [0.15, 0.2) is 11.7 Å². The van der Waals surface area contributed by atoms with E-state index in [0.717, 1.165) is 0 Å². The Morgan fingerprint density at radius 2 is 1.96 bits per heavy atom. The molecule has 0 spiro atoms. The van der Waals surface area contributed by atoms with E-state index in [9.17, 15) is 14.7 Å². The van der Waals surface area contributed by atoms with Crippen LogP contribution in [0.5, 0.6) is 0 Å². The molecule has 1 aromatic heterocycles. The van der Waals surface area contributed by atoms with E-state index in [2.05, 4.69) is 10.3 Å². The summed E-state index contributed by atoms with van der Waals surface area (Å²) in [5, 5.41) is 12.5. The Balaban J connectivity index is 2.06. The molecule has 2 aromatic rings. The van der Waals surface area contributed by atoms with Crippen molar-refractivity contribution in [2.24, 2.45) is 16.5 Å². The summed E-state index contributed by atoms with van der Waals surface area (Å²) in [5.41, 5.74) is 10.9. The number of hydrogen-bond donors (Lipinski definition) is 4. The summed E-state index contributed by atoms with van der Waals surface area (Å²) in [5.74, 6) is -1.61. The molecular formula is C17H18Cl2N4O4. The van der Waals surface area contributed by atoms with Crippen molar-refractivity contribution in [3.63, 3.8) is 0 Å². The Labute approximate surface area is 165 Å². The molecule has 0 unspecified atom stereocenters. The second-order valence-corrected chi connectivity index (χ2v) is 6.44. The highest BCUT2D eigenvalue weighted by molar-refractivity contribution is 6.35. The summed E-state index contributed by atoms with van der Waals surface area (Å²) >= 11 is 12.1. The predicted molar refractivity (Wildman–Crippen MR) is 103 cm³/mol. The van der Waals surface area contributed by atoms with Crippen LogP contribution >= 0.6 is 23.2 Å². The minimum atomic E-state index is -1.17. The van der Waals surface area contributed by atoms with Gasteiger partial charge in [0.1, 0.15) is 11.8 Å². The summed E-state index contributed by atoms with van der Waals surface area (Å²) in [6, 6.07) is 6.73. The van der Waals surface area contributed by atoms with E-state index >= 15 is 0 Å². The van der Waals surface area contributed by atoms with Crippen LogP contribution in [0.1, 0.15) is 23.4 Å². The van der Waals surface area contributed by atoms with E-state index in [1.54, 1.807) is 24.3 Å². The molecule has 1 heterocycles. The van der Waals surface area contributed by atoms with Crippen LogP contribution in [-0.2, 0) is 4.79 Å². The van der Waals surface area contributed by atoms with E-state index < -0.39 is 17.9 Å². The monoisotopic (exact) mass is 412 g/mol. The fraction of sp³-hybridized carbons (Fsp3) is 0.235. The number of aliphatic carboxylic acids is 1. The summed E-state index contributed by atoms with van der Waals surface area (Å²) in [6.07, 6.45) is 0.544. The Bertz CT molecular complexity index is 862. The van der Waals surface area contributed by atoms with E-state index in [0.29, 0.717) is 27.8 Å². The molecule has 6 N–H and O–H groups in total. The van der Waals surface area contributed by atoms with Crippen LogP contribution in [0.4, 0.5) is 0 Å². The second kappa shape index (κ2) is 9.29. The van der Waals surface area contributed by atoms with Crippen molar-refractivity contribution in [3.8, 4) is 11.3 Å². The molecule has 0 aliphatic rings. The van der Waals surface area contributed by atoms with Gasteiger partial charge in [-0.05, 0) is 43.2 Å². The molecular weight excluding hydrogens is 395 g/mol. The number of amides is 1. The number of rotatable bonds is 8. The molecule has 2 rings (SSSR count). The molecule has 144 valence electrons. The average Bonchev–Trinajstić information content (AvgIpc) is 3.09. The van der Waals surface area contributed by atoms with Crippen LogP contribution in [0.15, 0.2) is 39.7 Å². The van der Waals surface area contributed by atoms with Crippen LogP contribution in [0.3, 0.4) is 0 Å². The third-order valence-corrected chi connectivity index (χ3v) is 4.14. The zero-order valence-corrected chi connectivity index (χ0v) is 15.6. The van der Waals surface area contributed by atoms with Gasteiger partial charge in [-0.3, -0.25) is 9.79 Å². The highest BCUT2D eigenvalue weighted by Gasteiger charge is 2.22. The molecule has 0 saturated carbocycles. The fourth-order valence-corrected chi connectivity index (χ4v) is 2.66. The maximum absolute atomic E-state index is 12.3. The lowest BCUT2D eigenvalue weighted by Crippen LogP contribution is -2.40. The third-order valence-electron chi connectivity index (χ3n) is 3.57. The minimum absolute atomic E-state index is 0.0449. The van der Waals surface area contributed by atoms with Gasteiger partial charge < -0.3 is 26.3 Å². The number of halogens is 2. The van der Waals surface area contributed by atoms with Crippen LogP contribution in [0.2, 0.25) is 10.0 Å². The van der Waals surface area contributed by atoms with Gasteiger partial charge >= 0.3 is 5.97 Å². The molecule has 1 amide bonds. The topological polar surface area (TPSA) is 144 Å². The number of carboxylic acid groups (broad SMARTS) is 1. The van der Waals surface area contributed by atoms with E-state index in [4.69, 9.17) is 39.1 Å². The zero-order chi connectivity index (χ0) is 20.0. The molecule has 0 saturated heterocycles. The highest BCUT2D eigenvalue weighted by atomic mass is 35.5. The van der Waals surface area contributed by atoms with Gasteiger partial charge in [0.2, 0.25) is 0 Å². The molecule has 27 heavy (non-hydrogen) atoms. The number of nitrogens with zero attached hydrogens (tertiary/aromatic N) is 1. The SMILES string of the molecule is NC(N)=NCCC[C@@H](NC(=O)c1ccc(-c2cc(Cl)ccc2Cl)o1)C(=O)O. The first kappa shape index (κ1) is 20.6. The van der Waals surface area contributed by atoms with Crippen molar-refractivity contribution >= 4 is 41.0 Å². The van der Waals surface area contributed by atoms with Gasteiger partial charge in [-0.25, -0.2) is 4.79 Å². The lowest BCUT2D eigenvalue weighted by Gasteiger charge is -2.13. The lowest BCUT2D eigenvalue weighted by atomic mass is 10.1. The van der Waals surface area contributed by atoms with Crippen LogP contribution in [0.25, 0.3) is 11.3 Å². The van der Waals surface area contributed by atoms with Crippen LogP contribution in [-0.4, -0.2) is 35.5 Å². The van der Waals surface area contributed by atoms with E-state index in [-0.39, 0.29) is 24.7 Å². The smallest absolute Gasteiger partial charge is 0.326 e. The average molecular weight is 413 g/mol. The lowest BCUT2D eigenvalue weighted by molar-refractivity contribution is -0.139. The first-order valence-electron chi connectivity index (χ1n) is 7.92. The Kier molecular flexibility index (Phi) is 7.09. The zero-order valence-electron chi connectivity index (χ0n) is 14.1. The minimum Gasteiger partial charge on any atom is -0.480 e. The molecule has 1 aromatic carbocycles. The maximum Gasteiger partial charge on any atom is 0.326 e. The first-order valence-corrected chi connectivity index (χ1v) is 8.68. The Morgan fingerprint density at radius 1 is 1.22 bits per heavy atom. The van der Waals surface area contributed by atoms with Gasteiger partial charge in [-0.1, -0.05) is 23.2 Å². The number of carboxylic acids is 1. The molecule has 10 heteroatoms. The molecule has 0 aliphatic heterocycles. The molecule has 0 aliphatic carbocycles. The number of furan rings is 1. The largest absolute Gasteiger partial charge is 0.480 e. The van der Waals surface area contributed by atoms with Crippen molar-refractivity contribution in [3.05, 3.63) is 46.1 Å². The Hall–Kier alpha value is -2.71. The predicted octanol–water partition coefficient (Wildman–Crippen LogP) is 2.49. The number of guanidine groups is 1. The Morgan fingerprint density at radius 3 is 2.63 bits per heavy atom. The number of aliphatic imine (C=N–C) groups is 1. The van der Waals surface area contributed by atoms with Gasteiger partial charge in [0.25, 0.3) is 5.91 Å². The molecule has 8 nitrogen and oxygen atoms in total. The van der Waals surface area contributed by atoms with Gasteiger partial charge in [-0.2, -0.15) is 0 Å². The van der Waals surface area contributed by atoms with Crippen molar-refractivity contribution in [2.45, 2.75) is 18.9 Å². The van der Waals surface area contributed by atoms with Gasteiger partial charge in [-0.15, -0.1) is 0 Å². The second-order valence-electron chi connectivity index (χ2n) is 5.60. The van der Waals surface area contributed by atoms with E-state index in [1.165, 1.54) is 6.07 Å². The molecule has 0 radical (unpaired) electrons. The number of carbonyl (C=O) groups excluding carboxylic acids is 1. The number of carbonyl (C=O) groups is 2. The third kappa shape index (κ3) is 5.90. The van der Waals surface area contributed by atoms with Crippen molar-refractivity contribution < 1.29 is 19.1 Å². The van der Waals surface area contributed by atoms with Gasteiger partial charge in [0.05, 0.1) is 5.02 Å². The number of hydrogen-bond acceptors (Lipinski definition) is 4.